The Morgan fingerprint density at radius 1 is 1.15 bits per heavy atom. The van der Waals surface area contributed by atoms with E-state index in [4.69, 9.17) is 0 Å². The minimum Gasteiger partial charge on any atom is -0.300 e. The highest BCUT2D eigenvalue weighted by Gasteiger charge is 2.27. The fraction of sp³-hybridized carbons (Fsp3) is 0.211. The molecule has 6 nitrogen and oxygen atoms in total. The topological polar surface area (TPSA) is 81.9 Å². The summed E-state index contributed by atoms with van der Waals surface area (Å²) in [5.41, 5.74) is 2.51. The standard InChI is InChI=1S/C19H17N3O3S/c1-19(2,26(3,24)25)8-6-16-4-5-17(12-20-16)22-9-7-15-10-14(13-23)11-21-18(15)22/h4-5,7,9-13H,1-3H3. The van der Waals surface area contributed by atoms with Gasteiger partial charge in [0.1, 0.15) is 16.1 Å². The van der Waals surface area contributed by atoms with E-state index in [1.165, 1.54) is 12.5 Å². The van der Waals surface area contributed by atoms with E-state index < -0.39 is 14.6 Å². The molecule has 0 radical (unpaired) electrons. The van der Waals surface area contributed by atoms with Gasteiger partial charge in [-0.3, -0.25) is 9.36 Å². The lowest BCUT2D eigenvalue weighted by Gasteiger charge is -2.14. The van der Waals surface area contributed by atoms with Crippen molar-refractivity contribution in [1.82, 2.24) is 14.5 Å². The number of carbonyl (C=O) groups is 1. The van der Waals surface area contributed by atoms with Crippen molar-refractivity contribution in [2.24, 2.45) is 0 Å². The molecule has 3 aromatic rings. The zero-order valence-electron chi connectivity index (χ0n) is 14.6. The smallest absolute Gasteiger partial charge is 0.163 e. The summed E-state index contributed by atoms with van der Waals surface area (Å²) in [4.78, 5) is 19.5. The van der Waals surface area contributed by atoms with Crippen LogP contribution in [0.5, 0.6) is 0 Å². The molecular weight excluding hydrogens is 350 g/mol. The fourth-order valence-electron chi connectivity index (χ4n) is 2.22. The first-order chi connectivity index (χ1) is 12.2. The largest absolute Gasteiger partial charge is 0.300 e. The maximum Gasteiger partial charge on any atom is 0.163 e. The number of hydrogen-bond acceptors (Lipinski definition) is 5. The van der Waals surface area contributed by atoms with Gasteiger partial charge in [0, 0.05) is 29.6 Å². The van der Waals surface area contributed by atoms with Gasteiger partial charge in [-0.2, -0.15) is 0 Å². The van der Waals surface area contributed by atoms with Crippen molar-refractivity contribution in [3.05, 3.63) is 54.1 Å². The van der Waals surface area contributed by atoms with Crippen LogP contribution in [0.2, 0.25) is 0 Å². The van der Waals surface area contributed by atoms with Gasteiger partial charge in [0.2, 0.25) is 0 Å². The second-order valence-electron chi connectivity index (χ2n) is 6.42. The Kier molecular flexibility index (Phi) is 4.38. The number of carbonyl (C=O) groups excluding carboxylic acids is 1. The molecule has 0 N–H and O–H groups in total. The van der Waals surface area contributed by atoms with Crippen LogP contribution in [-0.2, 0) is 9.84 Å². The molecule has 0 atom stereocenters. The number of hydrogen-bond donors (Lipinski definition) is 0. The highest BCUT2D eigenvalue weighted by molar-refractivity contribution is 7.92. The number of pyridine rings is 2. The second-order valence-corrected chi connectivity index (χ2v) is 8.98. The molecule has 132 valence electrons. The number of fused-ring (bicyclic) bond motifs is 1. The molecule has 3 rings (SSSR count). The van der Waals surface area contributed by atoms with E-state index in [2.05, 4.69) is 21.8 Å². The SMILES string of the molecule is CC(C)(C#Cc1ccc(-n2ccc3cc(C=O)cnc32)cn1)S(C)(=O)=O. The third-order valence-corrected chi connectivity index (χ3v) is 6.08. The van der Waals surface area contributed by atoms with Crippen LogP contribution in [0, 0.1) is 11.8 Å². The number of aromatic nitrogens is 3. The van der Waals surface area contributed by atoms with Gasteiger partial charge in [0.25, 0.3) is 0 Å². The Balaban J connectivity index is 1.93. The lowest BCUT2D eigenvalue weighted by molar-refractivity contribution is 0.112. The van der Waals surface area contributed by atoms with E-state index in [1.807, 2.05) is 22.9 Å². The molecule has 0 spiro atoms. The Hall–Kier alpha value is -2.98. The predicted molar refractivity (Wildman–Crippen MR) is 100 cm³/mol. The summed E-state index contributed by atoms with van der Waals surface area (Å²) < 4.78 is 24.1. The molecule has 7 heteroatoms. The molecule has 0 saturated heterocycles. The summed E-state index contributed by atoms with van der Waals surface area (Å²) in [5, 5.41) is 0.855. The molecule has 0 aliphatic heterocycles. The summed E-state index contributed by atoms with van der Waals surface area (Å²) in [6.45, 7) is 3.13. The van der Waals surface area contributed by atoms with Gasteiger partial charge in [-0.25, -0.2) is 18.4 Å². The van der Waals surface area contributed by atoms with Gasteiger partial charge in [-0.1, -0.05) is 5.92 Å². The lowest BCUT2D eigenvalue weighted by atomic mass is 10.2. The Morgan fingerprint density at radius 3 is 2.54 bits per heavy atom. The van der Waals surface area contributed by atoms with E-state index in [0.29, 0.717) is 11.3 Å². The highest BCUT2D eigenvalue weighted by Crippen LogP contribution is 2.19. The molecule has 0 aliphatic rings. The number of sulfone groups is 1. The maximum absolute atomic E-state index is 11.7. The molecular formula is C19H17N3O3S. The van der Waals surface area contributed by atoms with E-state index in [-0.39, 0.29) is 0 Å². The molecule has 0 aromatic carbocycles. The van der Waals surface area contributed by atoms with Gasteiger partial charge in [0.05, 0.1) is 11.9 Å². The minimum absolute atomic E-state index is 0.484. The third kappa shape index (κ3) is 3.37. The highest BCUT2D eigenvalue weighted by atomic mass is 32.2. The van der Waals surface area contributed by atoms with Crippen molar-refractivity contribution in [2.75, 3.05) is 6.26 Å². The van der Waals surface area contributed by atoms with Crippen LogP contribution in [0.3, 0.4) is 0 Å². The van der Waals surface area contributed by atoms with Gasteiger partial charge in [-0.15, -0.1) is 0 Å². The first-order valence-electron chi connectivity index (χ1n) is 7.83. The first-order valence-corrected chi connectivity index (χ1v) is 9.72. The van der Waals surface area contributed by atoms with E-state index >= 15 is 0 Å². The molecule has 3 heterocycles. The van der Waals surface area contributed by atoms with Crippen molar-refractivity contribution in [3.8, 4) is 17.5 Å². The van der Waals surface area contributed by atoms with Crippen LogP contribution in [0.15, 0.2) is 42.9 Å². The predicted octanol–water partition coefficient (Wildman–Crippen LogP) is 2.41. The molecule has 0 amide bonds. The molecule has 26 heavy (non-hydrogen) atoms. The van der Waals surface area contributed by atoms with Gasteiger partial charge < -0.3 is 0 Å². The van der Waals surface area contributed by atoms with Crippen LogP contribution in [0.25, 0.3) is 16.7 Å². The normalized spacial score (nSPS) is 11.8. The van der Waals surface area contributed by atoms with E-state index in [1.54, 1.807) is 32.2 Å². The summed E-state index contributed by atoms with van der Waals surface area (Å²) >= 11 is 0. The van der Waals surface area contributed by atoms with Crippen LogP contribution in [0.4, 0.5) is 0 Å². The van der Waals surface area contributed by atoms with Crippen LogP contribution in [-0.4, -0.2) is 40.2 Å². The van der Waals surface area contributed by atoms with Crippen molar-refractivity contribution >= 4 is 27.2 Å². The van der Waals surface area contributed by atoms with Gasteiger partial charge in [-0.05, 0) is 44.0 Å². The number of nitrogens with zero attached hydrogens (tertiary/aromatic N) is 3. The summed E-state index contributed by atoms with van der Waals surface area (Å²) in [6.07, 6.45) is 6.94. The lowest BCUT2D eigenvalue weighted by Crippen LogP contribution is -2.28. The number of rotatable bonds is 3. The fourth-order valence-corrected chi connectivity index (χ4v) is 2.46. The Bertz CT molecular complexity index is 1150. The van der Waals surface area contributed by atoms with E-state index in [0.717, 1.165) is 23.0 Å². The summed E-state index contributed by atoms with van der Waals surface area (Å²) in [7, 11) is -3.28. The van der Waals surface area contributed by atoms with Gasteiger partial charge in [0.15, 0.2) is 16.1 Å². The summed E-state index contributed by atoms with van der Waals surface area (Å²) in [6, 6.07) is 7.20. The molecule has 0 aliphatic carbocycles. The van der Waals surface area contributed by atoms with Crippen LogP contribution < -0.4 is 0 Å². The zero-order chi connectivity index (χ0) is 18.9. The van der Waals surface area contributed by atoms with Crippen LogP contribution >= 0.6 is 0 Å². The van der Waals surface area contributed by atoms with Crippen molar-refractivity contribution in [2.45, 2.75) is 18.6 Å². The van der Waals surface area contributed by atoms with E-state index in [9.17, 15) is 13.2 Å². The van der Waals surface area contributed by atoms with Crippen molar-refractivity contribution in [1.29, 1.82) is 0 Å². The maximum atomic E-state index is 11.7. The number of aldehydes is 1. The quantitative estimate of drug-likeness (QED) is 0.524. The average Bonchev–Trinajstić information content (AvgIpc) is 3.02. The Labute approximate surface area is 151 Å². The summed E-state index contributed by atoms with van der Waals surface area (Å²) in [5.74, 6) is 5.57. The van der Waals surface area contributed by atoms with Crippen molar-refractivity contribution < 1.29 is 13.2 Å². The third-order valence-electron chi connectivity index (χ3n) is 4.13. The second kappa shape index (κ2) is 6.39. The first kappa shape index (κ1) is 17.8. The molecule has 3 aromatic heterocycles. The van der Waals surface area contributed by atoms with Crippen LogP contribution in [0.1, 0.15) is 29.9 Å². The monoisotopic (exact) mass is 367 g/mol. The zero-order valence-corrected chi connectivity index (χ0v) is 15.4. The average molecular weight is 367 g/mol. The molecule has 0 fully saturated rings. The van der Waals surface area contributed by atoms with Gasteiger partial charge >= 0.3 is 0 Å². The minimum atomic E-state index is -3.28. The Morgan fingerprint density at radius 2 is 1.92 bits per heavy atom. The molecule has 0 unspecified atom stereocenters. The van der Waals surface area contributed by atoms with Crippen molar-refractivity contribution in [3.63, 3.8) is 0 Å². The molecule has 0 saturated carbocycles. The molecule has 0 bridgehead atoms.